The lowest BCUT2D eigenvalue weighted by atomic mass is 10.1. The lowest BCUT2D eigenvalue weighted by Crippen LogP contribution is -2.14. The molecule has 21 heavy (non-hydrogen) atoms. The van der Waals surface area contributed by atoms with Crippen LogP contribution in [0.1, 0.15) is 18.9 Å². The van der Waals surface area contributed by atoms with Gasteiger partial charge in [0.25, 0.3) is 0 Å². The van der Waals surface area contributed by atoms with Crippen molar-refractivity contribution in [1.82, 2.24) is 0 Å². The first kappa shape index (κ1) is 15.4. The smallest absolute Gasteiger partial charge is 0.234 e. The van der Waals surface area contributed by atoms with Gasteiger partial charge in [0.2, 0.25) is 5.91 Å². The first-order chi connectivity index (χ1) is 10.2. The van der Waals surface area contributed by atoms with Gasteiger partial charge in [-0.25, -0.2) is 0 Å². The summed E-state index contributed by atoms with van der Waals surface area (Å²) in [5.74, 6) is 0.330. The summed E-state index contributed by atoms with van der Waals surface area (Å²) in [6, 6.07) is 15.6. The van der Waals surface area contributed by atoms with E-state index in [2.05, 4.69) is 24.4 Å². The zero-order chi connectivity index (χ0) is 15.1. The first-order valence-electron chi connectivity index (χ1n) is 7.05. The van der Waals surface area contributed by atoms with E-state index in [-0.39, 0.29) is 5.91 Å². The van der Waals surface area contributed by atoms with Gasteiger partial charge < -0.3 is 11.1 Å². The van der Waals surface area contributed by atoms with Crippen LogP contribution in [0, 0.1) is 0 Å². The number of amides is 1. The van der Waals surface area contributed by atoms with E-state index in [1.807, 2.05) is 36.4 Å². The van der Waals surface area contributed by atoms with E-state index in [1.165, 1.54) is 17.3 Å². The molecule has 3 nitrogen and oxygen atoms in total. The number of nitrogens with two attached hydrogens (primary N) is 1. The van der Waals surface area contributed by atoms with Crippen molar-refractivity contribution in [2.24, 2.45) is 0 Å². The molecule has 0 bridgehead atoms. The minimum atomic E-state index is -0.0218. The Bertz CT molecular complexity index is 596. The minimum absolute atomic E-state index is 0.0218. The molecule has 2 aromatic carbocycles. The van der Waals surface area contributed by atoms with Crippen LogP contribution in [0.3, 0.4) is 0 Å². The number of nitrogen functional groups attached to an aromatic ring is 1. The van der Waals surface area contributed by atoms with Crippen molar-refractivity contribution >= 4 is 29.0 Å². The number of nitrogens with one attached hydrogen (secondary N) is 1. The predicted octanol–water partition coefficient (Wildman–Crippen LogP) is 3.95. The number of thioether (sulfide) groups is 1. The van der Waals surface area contributed by atoms with Crippen LogP contribution < -0.4 is 11.1 Å². The quantitative estimate of drug-likeness (QED) is 0.627. The van der Waals surface area contributed by atoms with Crippen LogP contribution in [0.25, 0.3) is 0 Å². The molecule has 110 valence electrons. The Morgan fingerprint density at radius 2 is 1.86 bits per heavy atom. The van der Waals surface area contributed by atoms with Crippen LogP contribution >= 0.6 is 11.8 Å². The molecule has 0 saturated heterocycles. The first-order valence-corrected chi connectivity index (χ1v) is 8.03. The molecule has 0 radical (unpaired) electrons. The molecule has 0 aliphatic rings. The van der Waals surface area contributed by atoms with Crippen LogP contribution in [-0.4, -0.2) is 11.7 Å². The Balaban J connectivity index is 1.85. The maximum absolute atomic E-state index is 11.9. The van der Waals surface area contributed by atoms with E-state index in [4.69, 9.17) is 5.73 Å². The summed E-state index contributed by atoms with van der Waals surface area (Å²) in [7, 11) is 0. The van der Waals surface area contributed by atoms with Crippen molar-refractivity contribution in [2.45, 2.75) is 24.7 Å². The fraction of sp³-hybridized carbons (Fsp3) is 0.235. The molecular formula is C17H20N2OS. The fourth-order valence-electron chi connectivity index (χ4n) is 2.00. The number of benzene rings is 2. The van der Waals surface area contributed by atoms with Crippen LogP contribution in [0.4, 0.5) is 11.4 Å². The van der Waals surface area contributed by atoms with Crippen LogP contribution in [-0.2, 0) is 11.2 Å². The lowest BCUT2D eigenvalue weighted by molar-refractivity contribution is -0.113. The van der Waals surface area contributed by atoms with E-state index >= 15 is 0 Å². The molecule has 3 N–H and O–H groups in total. The summed E-state index contributed by atoms with van der Waals surface area (Å²) in [6.07, 6.45) is 2.19. The number of hydrogen-bond acceptors (Lipinski definition) is 3. The van der Waals surface area contributed by atoms with Gasteiger partial charge in [-0.15, -0.1) is 11.8 Å². The second-order valence-corrected chi connectivity index (χ2v) is 5.84. The molecule has 0 atom stereocenters. The van der Waals surface area contributed by atoms with E-state index in [0.29, 0.717) is 11.4 Å². The normalized spacial score (nSPS) is 10.3. The highest BCUT2D eigenvalue weighted by Gasteiger charge is 2.05. The van der Waals surface area contributed by atoms with Crippen LogP contribution in [0.15, 0.2) is 53.4 Å². The topological polar surface area (TPSA) is 55.1 Å². The van der Waals surface area contributed by atoms with Gasteiger partial charge in [-0.05, 0) is 36.2 Å². The van der Waals surface area contributed by atoms with Crippen molar-refractivity contribution in [3.63, 3.8) is 0 Å². The third-order valence-electron chi connectivity index (χ3n) is 3.05. The third-order valence-corrected chi connectivity index (χ3v) is 4.14. The summed E-state index contributed by atoms with van der Waals surface area (Å²) in [5.41, 5.74) is 8.69. The average molecular weight is 300 g/mol. The lowest BCUT2D eigenvalue weighted by Gasteiger charge is -2.07. The van der Waals surface area contributed by atoms with Gasteiger partial charge in [-0.3, -0.25) is 4.79 Å². The van der Waals surface area contributed by atoms with Crippen molar-refractivity contribution in [1.29, 1.82) is 0 Å². The highest BCUT2D eigenvalue weighted by Crippen LogP contribution is 2.24. The molecule has 0 unspecified atom stereocenters. The molecule has 0 fully saturated rings. The summed E-state index contributed by atoms with van der Waals surface area (Å²) in [6.45, 7) is 2.15. The van der Waals surface area contributed by atoms with Crippen molar-refractivity contribution in [2.75, 3.05) is 16.8 Å². The SMILES string of the molecule is CCCc1ccc(NC(=O)CSc2ccccc2N)cc1. The largest absolute Gasteiger partial charge is 0.398 e. The number of carbonyl (C=O) groups excluding carboxylic acids is 1. The molecule has 0 heterocycles. The maximum atomic E-state index is 11.9. The Morgan fingerprint density at radius 3 is 2.52 bits per heavy atom. The molecule has 0 aliphatic carbocycles. The molecule has 0 aliphatic heterocycles. The van der Waals surface area contributed by atoms with Crippen LogP contribution in [0.5, 0.6) is 0 Å². The Hall–Kier alpha value is -1.94. The highest BCUT2D eigenvalue weighted by molar-refractivity contribution is 8.00. The van der Waals surface area contributed by atoms with E-state index in [9.17, 15) is 4.79 Å². The van der Waals surface area contributed by atoms with E-state index in [1.54, 1.807) is 0 Å². The zero-order valence-electron chi connectivity index (χ0n) is 12.1. The molecule has 2 rings (SSSR count). The predicted molar refractivity (Wildman–Crippen MR) is 90.6 cm³/mol. The summed E-state index contributed by atoms with van der Waals surface area (Å²) < 4.78 is 0. The van der Waals surface area contributed by atoms with Gasteiger partial charge in [0.15, 0.2) is 0 Å². The van der Waals surface area contributed by atoms with Gasteiger partial charge in [0, 0.05) is 16.3 Å². The van der Waals surface area contributed by atoms with Crippen LogP contribution in [0.2, 0.25) is 0 Å². The second-order valence-electron chi connectivity index (χ2n) is 4.82. The van der Waals surface area contributed by atoms with Gasteiger partial charge >= 0.3 is 0 Å². The molecule has 0 saturated carbocycles. The maximum Gasteiger partial charge on any atom is 0.234 e. The highest BCUT2D eigenvalue weighted by atomic mass is 32.2. The van der Waals surface area contributed by atoms with E-state index in [0.717, 1.165) is 23.4 Å². The molecule has 2 aromatic rings. The van der Waals surface area contributed by atoms with Crippen molar-refractivity contribution in [3.05, 3.63) is 54.1 Å². The molecular weight excluding hydrogens is 280 g/mol. The van der Waals surface area contributed by atoms with Gasteiger partial charge in [-0.2, -0.15) is 0 Å². The molecule has 0 spiro atoms. The van der Waals surface area contributed by atoms with E-state index < -0.39 is 0 Å². The monoisotopic (exact) mass is 300 g/mol. The second kappa shape index (κ2) is 7.74. The third kappa shape index (κ3) is 4.83. The molecule has 0 aromatic heterocycles. The Kier molecular flexibility index (Phi) is 5.69. The minimum Gasteiger partial charge on any atom is -0.398 e. The van der Waals surface area contributed by atoms with Gasteiger partial charge in [0.1, 0.15) is 0 Å². The van der Waals surface area contributed by atoms with Gasteiger partial charge in [0.05, 0.1) is 5.75 Å². The Morgan fingerprint density at radius 1 is 1.14 bits per heavy atom. The summed E-state index contributed by atoms with van der Waals surface area (Å²) in [4.78, 5) is 12.9. The average Bonchev–Trinajstić information content (AvgIpc) is 2.49. The van der Waals surface area contributed by atoms with Crippen molar-refractivity contribution < 1.29 is 4.79 Å². The number of hydrogen-bond donors (Lipinski definition) is 2. The van der Waals surface area contributed by atoms with Crippen molar-refractivity contribution in [3.8, 4) is 0 Å². The molecule has 1 amide bonds. The number of aryl methyl sites for hydroxylation is 1. The number of carbonyl (C=O) groups is 1. The fourth-order valence-corrected chi connectivity index (χ4v) is 2.76. The summed E-state index contributed by atoms with van der Waals surface area (Å²) in [5, 5.41) is 2.90. The number of para-hydroxylation sites is 1. The number of anilines is 2. The standard InChI is InChI=1S/C17H20N2OS/c1-2-5-13-8-10-14(11-9-13)19-17(20)12-21-16-7-4-3-6-15(16)18/h3-4,6-11H,2,5,12,18H2,1H3,(H,19,20). The zero-order valence-corrected chi connectivity index (χ0v) is 13.0. The Labute approximate surface area is 129 Å². The van der Waals surface area contributed by atoms with Gasteiger partial charge in [-0.1, -0.05) is 37.6 Å². The molecule has 4 heteroatoms. The number of rotatable bonds is 6. The summed E-state index contributed by atoms with van der Waals surface area (Å²) >= 11 is 1.45.